The number of alkyl halides is 6. The standard InChI is InChI=1S/C18H12F6IN5S/c1-3-31-16-12(28-13-10(18(22,23)24)5-9(25)7-30(13)16)15-27-11-4-8(17(19,20)21)6-26-14(11)29(15)2/h4-7H,3H2,1-2H3. The number of hydrogen-bond donors (Lipinski definition) is 0. The summed E-state index contributed by atoms with van der Waals surface area (Å²) in [5, 5.41) is 0.413. The van der Waals surface area contributed by atoms with Crippen molar-refractivity contribution in [2.75, 3.05) is 5.75 Å². The molecule has 4 heterocycles. The van der Waals surface area contributed by atoms with Crippen LogP contribution in [0.4, 0.5) is 26.3 Å². The van der Waals surface area contributed by atoms with Gasteiger partial charge in [0.15, 0.2) is 17.1 Å². The van der Waals surface area contributed by atoms with Gasteiger partial charge >= 0.3 is 12.4 Å². The average molecular weight is 571 g/mol. The molecule has 5 nitrogen and oxygen atoms in total. The summed E-state index contributed by atoms with van der Waals surface area (Å²) in [6, 6.07) is 1.86. The van der Waals surface area contributed by atoms with Gasteiger partial charge in [0.25, 0.3) is 0 Å². The van der Waals surface area contributed by atoms with Crippen molar-refractivity contribution in [3.05, 3.63) is 39.2 Å². The fourth-order valence-corrected chi connectivity index (χ4v) is 4.58. The number of pyridine rings is 2. The maximum absolute atomic E-state index is 13.6. The average Bonchev–Trinajstić information content (AvgIpc) is 3.18. The van der Waals surface area contributed by atoms with E-state index in [-0.39, 0.29) is 28.3 Å². The lowest BCUT2D eigenvalue weighted by Gasteiger charge is -2.09. The second kappa shape index (κ2) is 7.53. The van der Waals surface area contributed by atoms with Gasteiger partial charge in [0.2, 0.25) is 0 Å². The summed E-state index contributed by atoms with van der Waals surface area (Å²) >= 11 is 3.06. The number of aromatic nitrogens is 5. The number of thioether (sulfide) groups is 1. The molecule has 0 aliphatic carbocycles. The van der Waals surface area contributed by atoms with E-state index in [1.54, 1.807) is 22.6 Å². The summed E-state index contributed by atoms with van der Waals surface area (Å²) in [6.45, 7) is 1.83. The summed E-state index contributed by atoms with van der Waals surface area (Å²) in [6.07, 6.45) is -7.00. The molecule has 0 aromatic carbocycles. The molecule has 0 atom stereocenters. The summed E-state index contributed by atoms with van der Waals surface area (Å²) in [5.74, 6) is 0.665. The van der Waals surface area contributed by atoms with Crippen LogP contribution in [-0.4, -0.2) is 29.7 Å². The van der Waals surface area contributed by atoms with Gasteiger partial charge in [-0.2, -0.15) is 26.3 Å². The summed E-state index contributed by atoms with van der Waals surface area (Å²) in [4.78, 5) is 12.3. The smallest absolute Gasteiger partial charge is 0.310 e. The maximum Gasteiger partial charge on any atom is 0.420 e. The molecular weight excluding hydrogens is 559 g/mol. The maximum atomic E-state index is 13.6. The van der Waals surface area contributed by atoms with Crippen LogP contribution in [0.2, 0.25) is 0 Å². The third kappa shape index (κ3) is 3.85. The fraction of sp³-hybridized carbons (Fsp3) is 0.278. The van der Waals surface area contributed by atoms with E-state index in [0.29, 0.717) is 20.5 Å². The van der Waals surface area contributed by atoms with Crippen LogP contribution in [0.3, 0.4) is 0 Å². The van der Waals surface area contributed by atoms with Gasteiger partial charge in [-0.1, -0.05) is 6.92 Å². The molecule has 31 heavy (non-hydrogen) atoms. The highest BCUT2D eigenvalue weighted by molar-refractivity contribution is 14.1. The van der Waals surface area contributed by atoms with Crippen molar-refractivity contribution >= 4 is 51.2 Å². The minimum absolute atomic E-state index is 0.0255. The molecule has 164 valence electrons. The first-order valence-electron chi connectivity index (χ1n) is 8.73. The molecule has 4 aromatic heterocycles. The number of aryl methyl sites for hydroxylation is 1. The van der Waals surface area contributed by atoms with E-state index in [1.165, 1.54) is 34.0 Å². The van der Waals surface area contributed by atoms with Gasteiger partial charge in [-0.05, 0) is 40.5 Å². The Hall–Kier alpha value is -2.03. The molecule has 0 aliphatic heterocycles. The molecule has 0 amide bonds. The normalized spacial score (nSPS) is 12.9. The van der Waals surface area contributed by atoms with Crippen LogP contribution in [0.5, 0.6) is 0 Å². The summed E-state index contributed by atoms with van der Waals surface area (Å²) < 4.78 is 83.2. The molecule has 4 rings (SSSR count). The Bertz CT molecular complexity index is 1310. The van der Waals surface area contributed by atoms with Crippen LogP contribution in [0, 0.1) is 3.57 Å². The van der Waals surface area contributed by atoms with Crippen molar-refractivity contribution in [3.63, 3.8) is 0 Å². The van der Waals surface area contributed by atoms with Crippen LogP contribution in [0.25, 0.3) is 28.3 Å². The Morgan fingerprint density at radius 2 is 1.74 bits per heavy atom. The highest BCUT2D eigenvalue weighted by atomic mass is 127. The zero-order valence-electron chi connectivity index (χ0n) is 15.8. The Kier molecular flexibility index (Phi) is 5.39. The molecule has 0 saturated carbocycles. The van der Waals surface area contributed by atoms with Crippen LogP contribution in [-0.2, 0) is 19.4 Å². The molecule has 0 fully saturated rings. The summed E-state index contributed by atoms with van der Waals surface area (Å²) in [5.41, 5.74) is -1.87. The first-order valence-corrected chi connectivity index (χ1v) is 10.8. The molecular formula is C18H12F6IN5S. The van der Waals surface area contributed by atoms with Gasteiger partial charge in [0.05, 0.1) is 11.1 Å². The Balaban J connectivity index is 2.02. The monoisotopic (exact) mass is 571 g/mol. The number of imidazole rings is 2. The molecule has 4 aromatic rings. The van der Waals surface area contributed by atoms with E-state index in [0.717, 1.165) is 12.1 Å². The van der Waals surface area contributed by atoms with E-state index in [2.05, 4.69) is 15.0 Å². The Labute approximate surface area is 189 Å². The highest BCUT2D eigenvalue weighted by Gasteiger charge is 2.36. The molecule has 0 N–H and O–H groups in total. The van der Waals surface area contributed by atoms with Crippen LogP contribution in [0.15, 0.2) is 29.6 Å². The predicted molar refractivity (Wildman–Crippen MR) is 112 cm³/mol. The van der Waals surface area contributed by atoms with E-state index < -0.39 is 23.5 Å². The first kappa shape index (κ1) is 22.2. The van der Waals surface area contributed by atoms with Crippen LogP contribution < -0.4 is 0 Å². The quantitative estimate of drug-likeness (QED) is 0.171. The summed E-state index contributed by atoms with van der Waals surface area (Å²) in [7, 11) is 1.53. The molecule has 0 unspecified atom stereocenters. The van der Waals surface area contributed by atoms with Gasteiger partial charge in [-0.3, -0.25) is 4.40 Å². The third-order valence-electron chi connectivity index (χ3n) is 4.48. The van der Waals surface area contributed by atoms with Crippen molar-refractivity contribution in [1.29, 1.82) is 0 Å². The van der Waals surface area contributed by atoms with Crippen molar-refractivity contribution in [2.45, 2.75) is 24.3 Å². The second-order valence-corrected chi connectivity index (χ2v) is 9.02. The van der Waals surface area contributed by atoms with Gasteiger partial charge in [-0.25, -0.2) is 15.0 Å². The van der Waals surface area contributed by atoms with Gasteiger partial charge < -0.3 is 4.57 Å². The lowest BCUT2D eigenvalue weighted by Crippen LogP contribution is -2.08. The van der Waals surface area contributed by atoms with Crippen LogP contribution >= 0.6 is 34.4 Å². The lowest BCUT2D eigenvalue weighted by atomic mass is 10.2. The number of halogens is 7. The predicted octanol–water partition coefficient (Wildman–Crippen LogP) is 6.04. The van der Waals surface area contributed by atoms with Crippen molar-refractivity contribution in [2.24, 2.45) is 7.05 Å². The molecule has 0 spiro atoms. The van der Waals surface area contributed by atoms with Gasteiger partial charge in [0, 0.05) is 23.0 Å². The number of hydrogen-bond acceptors (Lipinski definition) is 4. The zero-order valence-corrected chi connectivity index (χ0v) is 18.8. The highest BCUT2D eigenvalue weighted by Crippen LogP contribution is 2.39. The SMILES string of the molecule is CCSc1c(-c2nc3cc(C(F)(F)F)cnc3n2C)nc2c(C(F)(F)F)cc(I)cn12. The molecule has 0 radical (unpaired) electrons. The molecule has 0 aliphatic rings. The zero-order chi connectivity index (χ0) is 22.7. The number of rotatable bonds is 3. The van der Waals surface area contributed by atoms with Crippen molar-refractivity contribution < 1.29 is 26.3 Å². The van der Waals surface area contributed by atoms with E-state index >= 15 is 0 Å². The first-order chi connectivity index (χ1) is 14.4. The van der Waals surface area contributed by atoms with E-state index in [4.69, 9.17) is 0 Å². The van der Waals surface area contributed by atoms with Crippen molar-refractivity contribution in [1.82, 2.24) is 23.9 Å². The van der Waals surface area contributed by atoms with E-state index in [9.17, 15) is 26.3 Å². The number of fused-ring (bicyclic) bond motifs is 2. The minimum atomic E-state index is -4.63. The van der Waals surface area contributed by atoms with Crippen LogP contribution in [0.1, 0.15) is 18.1 Å². The molecule has 13 heteroatoms. The lowest BCUT2D eigenvalue weighted by molar-refractivity contribution is -0.138. The Morgan fingerprint density at radius 3 is 2.35 bits per heavy atom. The minimum Gasteiger partial charge on any atom is -0.310 e. The van der Waals surface area contributed by atoms with E-state index in [1.807, 2.05) is 6.92 Å². The Morgan fingerprint density at radius 1 is 1.03 bits per heavy atom. The second-order valence-electron chi connectivity index (χ2n) is 6.52. The third-order valence-corrected chi connectivity index (χ3v) is 6.02. The number of nitrogens with zero attached hydrogens (tertiary/aromatic N) is 5. The molecule has 0 bridgehead atoms. The topological polar surface area (TPSA) is 48.0 Å². The van der Waals surface area contributed by atoms with Crippen molar-refractivity contribution in [3.8, 4) is 11.5 Å². The fourth-order valence-electron chi connectivity index (χ4n) is 3.16. The molecule has 0 saturated heterocycles. The largest absolute Gasteiger partial charge is 0.420 e. The van der Waals surface area contributed by atoms with Gasteiger partial charge in [-0.15, -0.1) is 11.8 Å². The van der Waals surface area contributed by atoms with Gasteiger partial charge in [0.1, 0.15) is 16.2 Å².